The Bertz CT molecular complexity index is 934. The van der Waals surface area contributed by atoms with Gasteiger partial charge in [-0.15, -0.1) is 12.4 Å². The van der Waals surface area contributed by atoms with Crippen LogP contribution in [0.5, 0.6) is 17.2 Å². The van der Waals surface area contributed by atoms with Gasteiger partial charge in [0.25, 0.3) is 0 Å². The largest absolute Gasteiger partial charge is 0.496 e. The standard InChI is InChI=1S/C24H26ClNO3.ClH/c1-3-28-23-14-8-11-19(16-26-15-18-9-5-7-13-22(18)27-2)24(23)29-17-20-10-4-6-12-21(20)25;/h4-14,26H,3,15-17H2,1-2H3;1H. The molecule has 0 atom stereocenters. The molecule has 0 saturated heterocycles. The van der Waals surface area contributed by atoms with Gasteiger partial charge in [-0.05, 0) is 25.1 Å². The summed E-state index contributed by atoms with van der Waals surface area (Å²) in [4.78, 5) is 0. The second kappa shape index (κ2) is 12.3. The summed E-state index contributed by atoms with van der Waals surface area (Å²) in [7, 11) is 1.69. The summed E-state index contributed by atoms with van der Waals surface area (Å²) >= 11 is 6.28. The second-order valence-corrected chi connectivity index (χ2v) is 6.88. The minimum atomic E-state index is 0. The quantitative estimate of drug-likeness (QED) is 0.411. The molecule has 0 unspecified atom stereocenters. The molecule has 6 heteroatoms. The van der Waals surface area contributed by atoms with Gasteiger partial charge in [-0.25, -0.2) is 0 Å². The van der Waals surface area contributed by atoms with Crippen LogP contribution in [0.4, 0.5) is 0 Å². The average Bonchev–Trinajstić information content (AvgIpc) is 2.75. The van der Waals surface area contributed by atoms with Crippen LogP contribution in [0.15, 0.2) is 66.7 Å². The van der Waals surface area contributed by atoms with E-state index in [2.05, 4.69) is 11.4 Å². The van der Waals surface area contributed by atoms with Crippen molar-refractivity contribution in [1.82, 2.24) is 5.32 Å². The molecule has 1 N–H and O–H groups in total. The Balaban J connectivity index is 0.00000320. The van der Waals surface area contributed by atoms with Crippen LogP contribution in [-0.4, -0.2) is 13.7 Å². The Morgan fingerprint density at radius 3 is 2.13 bits per heavy atom. The molecule has 0 radical (unpaired) electrons. The fourth-order valence-electron chi connectivity index (χ4n) is 3.08. The van der Waals surface area contributed by atoms with Gasteiger partial charge in [-0.1, -0.05) is 60.1 Å². The Hall–Kier alpha value is -2.40. The fraction of sp³-hybridized carbons (Fsp3) is 0.250. The summed E-state index contributed by atoms with van der Waals surface area (Å²) in [6.45, 7) is 4.23. The van der Waals surface area contributed by atoms with E-state index in [0.29, 0.717) is 31.3 Å². The van der Waals surface area contributed by atoms with Crippen LogP contribution in [0.2, 0.25) is 5.02 Å². The molecule has 4 nitrogen and oxygen atoms in total. The molecule has 0 bridgehead atoms. The highest BCUT2D eigenvalue weighted by molar-refractivity contribution is 6.31. The minimum Gasteiger partial charge on any atom is -0.496 e. The molecular formula is C24H27Cl2NO3. The highest BCUT2D eigenvalue weighted by Gasteiger charge is 2.12. The number of para-hydroxylation sites is 2. The van der Waals surface area contributed by atoms with Crippen molar-refractivity contribution in [2.75, 3.05) is 13.7 Å². The smallest absolute Gasteiger partial charge is 0.166 e. The highest BCUT2D eigenvalue weighted by atomic mass is 35.5. The van der Waals surface area contributed by atoms with Gasteiger partial charge in [0.1, 0.15) is 12.4 Å². The van der Waals surface area contributed by atoms with E-state index in [-0.39, 0.29) is 12.4 Å². The van der Waals surface area contributed by atoms with Gasteiger partial charge in [0.15, 0.2) is 11.5 Å². The predicted molar refractivity (Wildman–Crippen MR) is 124 cm³/mol. The number of rotatable bonds is 10. The van der Waals surface area contributed by atoms with E-state index in [1.807, 2.05) is 67.6 Å². The lowest BCUT2D eigenvalue weighted by molar-refractivity contribution is 0.266. The van der Waals surface area contributed by atoms with Gasteiger partial charge < -0.3 is 19.5 Å². The van der Waals surface area contributed by atoms with Crippen LogP contribution in [0.25, 0.3) is 0 Å². The summed E-state index contributed by atoms with van der Waals surface area (Å²) < 4.78 is 17.4. The molecule has 3 aromatic carbocycles. The van der Waals surface area contributed by atoms with Crippen LogP contribution >= 0.6 is 24.0 Å². The molecule has 0 fully saturated rings. The number of methoxy groups -OCH3 is 1. The molecule has 0 aromatic heterocycles. The van der Waals surface area contributed by atoms with E-state index >= 15 is 0 Å². The van der Waals surface area contributed by atoms with E-state index in [1.54, 1.807) is 7.11 Å². The van der Waals surface area contributed by atoms with E-state index in [9.17, 15) is 0 Å². The third-order valence-corrected chi connectivity index (χ3v) is 4.88. The summed E-state index contributed by atoms with van der Waals surface area (Å²) in [6, 6.07) is 21.6. The minimum absolute atomic E-state index is 0. The summed E-state index contributed by atoms with van der Waals surface area (Å²) in [6.07, 6.45) is 0. The summed E-state index contributed by atoms with van der Waals surface area (Å²) in [5, 5.41) is 4.16. The molecule has 3 rings (SSSR count). The van der Waals surface area contributed by atoms with Crippen molar-refractivity contribution in [3.8, 4) is 17.2 Å². The Morgan fingerprint density at radius 2 is 1.40 bits per heavy atom. The average molecular weight is 448 g/mol. The Kier molecular flexibility index (Phi) is 9.81. The number of benzene rings is 3. The van der Waals surface area contributed by atoms with E-state index in [0.717, 1.165) is 33.9 Å². The lowest BCUT2D eigenvalue weighted by Gasteiger charge is -2.17. The van der Waals surface area contributed by atoms with Crippen LogP contribution in [-0.2, 0) is 19.7 Å². The van der Waals surface area contributed by atoms with Crippen LogP contribution in [0.1, 0.15) is 23.6 Å². The monoisotopic (exact) mass is 447 g/mol. The van der Waals surface area contributed by atoms with Crippen molar-refractivity contribution in [2.45, 2.75) is 26.6 Å². The van der Waals surface area contributed by atoms with Crippen LogP contribution in [0, 0.1) is 0 Å². The lowest BCUT2D eigenvalue weighted by Crippen LogP contribution is -2.14. The lowest BCUT2D eigenvalue weighted by atomic mass is 10.1. The molecule has 0 amide bonds. The van der Waals surface area contributed by atoms with Gasteiger partial charge in [0.05, 0.1) is 13.7 Å². The van der Waals surface area contributed by atoms with Crippen LogP contribution in [0.3, 0.4) is 0 Å². The van der Waals surface area contributed by atoms with Gasteiger partial charge in [0.2, 0.25) is 0 Å². The summed E-state index contributed by atoms with van der Waals surface area (Å²) in [5.74, 6) is 2.34. The molecule has 0 saturated carbocycles. The number of hydrogen-bond donors (Lipinski definition) is 1. The van der Waals surface area contributed by atoms with Crippen LogP contribution < -0.4 is 19.5 Å². The number of nitrogens with one attached hydrogen (secondary N) is 1. The summed E-state index contributed by atoms with van der Waals surface area (Å²) in [5.41, 5.74) is 3.07. The first-order valence-corrected chi connectivity index (χ1v) is 10.0. The normalized spacial score (nSPS) is 10.2. The molecule has 30 heavy (non-hydrogen) atoms. The number of hydrogen-bond acceptors (Lipinski definition) is 4. The van der Waals surface area contributed by atoms with Gasteiger partial charge >= 0.3 is 0 Å². The van der Waals surface area contributed by atoms with E-state index < -0.39 is 0 Å². The maximum atomic E-state index is 6.28. The van der Waals surface area contributed by atoms with Crippen molar-refractivity contribution < 1.29 is 14.2 Å². The van der Waals surface area contributed by atoms with Crippen molar-refractivity contribution >= 4 is 24.0 Å². The second-order valence-electron chi connectivity index (χ2n) is 6.47. The maximum absolute atomic E-state index is 6.28. The Morgan fingerprint density at radius 1 is 0.767 bits per heavy atom. The molecule has 160 valence electrons. The van der Waals surface area contributed by atoms with Gasteiger partial charge in [-0.3, -0.25) is 0 Å². The predicted octanol–water partition coefficient (Wildman–Crippen LogP) is 6.04. The first-order valence-electron chi connectivity index (χ1n) is 9.66. The van der Waals surface area contributed by atoms with Gasteiger partial charge in [-0.2, -0.15) is 0 Å². The van der Waals surface area contributed by atoms with E-state index in [1.165, 1.54) is 0 Å². The third-order valence-electron chi connectivity index (χ3n) is 4.51. The van der Waals surface area contributed by atoms with Crippen molar-refractivity contribution in [3.63, 3.8) is 0 Å². The zero-order valence-corrected chi connectivity index (χ0v) is 18.8. The molecule has 0 aliphatic rings. The third kappa shape index (κ3) is 6.30. The van der Waals surface area contributed by atoms with Gasteiger partial charge in [0, 0.05) is 34.8 Å². The Labute approximate surface area is 189 Å². The van der Waals surface area contributed by atoms with E-state index in [4.69, 9.17) is 25.8 Å². The molecule has 0 aliphatic carbocycles. The van der Waals surface area contributed by atoms with Crippen molar-refractivity contribution in [3.05, 3.63) is 88.4 Å². The molecule has 0 spiro atoms. The molecule has 0 heterocycles. The zero-order valence-electron chi connectivity index (χ0n) is 17.2. The first kappa shape index (κ1) is 23.9. The topological polar surface area (TPSA) is 39.7 Å². The zero-order chi connectivity index (χ0) is 20.5. The number of halogens is 2. The molecule has 0 aliphatic heterocycles. The van der Waals surface area contributed by atoms with Crippen molar-refractivity contribution in [2.24, 2.45) is 0 Å². The van der Waals surface area contributed by atoms with Crippen molar-refractivity contribution in [1.29, 1.82) is 0 Å². The fourth-order valence-corrected chi connectivity index (χ4v) is 3.27. The first-order chi connectivity index (χ1) is 14.2. The molecular weight excluding hydrogens is 421 g/mol. The maximum Gasteiger partial charge on any atom is 0.166 e. The highest BCUT2D eigenvalue weighted by Crippen LogP contribution is 2.33. The number of ether oxygens (including phenoxy) is 3. The molecule has 3 aromatic rings. The SMILES string of the molecule is CCOc1cccc(CNCc2ccccc2OC)c1OCc1ccccc1Cl.Cl.